The summed E-state index contributed by atoms with van der Waals surface area (Å²) < 4.78 is 0. The average molecular weight is 374 g/mol. The van der Waals surface area contributed by atoms with Crippen molar-refractivity contribution >= 4 is 23.2 Å². The highest BCUT2D eigenvalue weighted by Gasteiger charge is 2.20. The molecule has 0 aliphatic heterocycles. The highest BCUT2D eigenvalue weighted by Crippen LogP contribution is 2.18. The summed E-state index contributed by atoms with van der Waals surface area (Å²) in [7, 11) is 1.93. The molecule has 2 rings (SSSR count). The standard InChI is InChI=1S/C21H28ClN3O/c1-4-24(5-2)16-9-17-25(23(3)20-10-7-6-8-11-20)21(26)18-12-14-19(22)15-13-18/h6-8,10-15H,4-5,9,16-17H2,1-3H3. The van der Waals surface area contributed by atoms with Crippen LogP contribution in [-0.4, -0.2) is 49.0 Å². The van der Waals surface area contributed by atoms with Gasteiger partial charge in [-0.1, -0.05) is 43.6 Å². The topological polar surface area (TPSA) is 26.8 Å². The minimum absolute atomic E-state index is 0.0208. The Morgan fingerprint density at radius 3 is 2.12 bits per heavy atom. The van der Waals surface area contributed by atoms with Crippen molar-refractivity contribution in [3.8, 4) is 0 Å². The maximum Gasteiger partial charge on any atom is 0.272 e. The lowest BCUT2D eigenvalue weighted by Crippen LogP contribution is -2.45. The molecule has 140 valence electrons. The van der Waals surface area contributed by atoms with Crippen molar-refractivity contribution in [2.45, 2.75) is 20.3 Å². The van der Waals surface area contributed by atoms with E-state index in [-0.39, 0.29) is 5.91 Å². The van der Waals surface area contributed by atoms with E-state index in [0.29, 0.717) is 17.1 Å². The number of hydrogen-bond acceptors (Lipinski definition) is 3. The van der Waals surface area contributed by atoms with Gasteiger partial charge in [0.15, 0.2) is 0 Å². The first kappa shape index (κ1) is 20.3. The zero-order valence-electron chi connectivity index (χ0n) is 15.9. The van der Waals surface area contributed by atoms with Crippen LogP contribution in [0.25, 0.3) is 0 Å². The number of rotatable bonds is 9. The minimum Gasteiger partial charge on any atom is -0.304 e. The molecule has 0 fully saturated rings. The van der Waals surface area contributed by atoms with Gasteiger partial charge in [0, 0.05) is 24.2 Å². The van der Waals surface area contributed by atoms with E-state index in [1.807, 2.05) is 47.4 Å². The predicted octanol–water partition coefficient (Wildman–Crippen LogP) is 4.57. The molecule has 0 bridgehead atoms. The summed E-state index contributed by atoms with van der Waals surface area (Å²) >= 11 is 5.96. The predicted molar refractivity (Wildman–Crippen MR) is 110 cm³/mol. The Balaban J connectivity index is 2.17. The van der Waals surface area contributed by atoms with E-state index in [2.05, 4.69) is 18.7 Å². The van der Waals surface area contributed by atoms with Crippen LogP contribution in [0.4, 0.5) is 5.69 Å². The second kappa shape index (κ2) is 10.2. The third-order valence-electron chi connectivity index (χ3n) is 4.56. The molecule has 2 aromatic rings. The number of anilines is 1. The number of halogens is 1. The Morgan fingerprint density at radius 1 is 0.923 bits per heavy atom. The molecule has 26 heavy (non-hydrogen) atoms. The van der Waals surface area contributed by atoms with E-state index in [1.165, 1.54) is 0 Å². The van der Waals surface area contributed by atoms with Crippen molar-refractivity contribution in [1.82, 2.24) is 9.91 Å². The van der Waals surface area contributed by atoms with Crippen molar-refractivity contribution in [3.05, 3.63) is 65.2 Å². The molecule has 5 heteroatoms. The van der Waals surface area contributed by atoms with E-state index in [0.717, 1.165) is 31.7 Å². The Hall–Kier alpha value is -2.04. The zero-order valence-corrected chi connectivity index (χ0v) is 16.6. The molecule has 0 atom stereocenters. The van der Waals surface area contributed by atoms with E-state index in [4.69, 9.17) is 11.6 Å². The minimum atomic E-state index is -0.0208. The molecule has 0 saturated carbocycles. The monoisotopic (exact) mass is 373 g/mol. The molecular formula is C21H28ClN3O. The van der Waals surface area contributed by atoms with E-state index >= 15 is 0 Å². The smallest absolute Gasteiger partial charge is 0.272 e. The molecular weight excluding hydrogens is 346 g/mol. The SMILES string of the molecule is CCN(CC)CCCN(C(=O)c1ccc(Cl)cc1)N(C)c1ccccc1. The summed E-state index contributed by atoms with van der Waals surface area (Å²) in [6, 6.07) is 17.0. The maximum atomic E-state index is 13.1. The molecule has 0 unspecified atom stereocenters. The van der Waals surface area contributed by atoms with E-state index in [1.54, 1.807) is 24.3 Å². The Bertz CT molecular complexity index is 671. The fourth-order valence-electron chi connectivity index (χ4n) is 2.90. The molecule has 0 saturated heterocycles. The lowest BCUT2D eigenvalue weighted by molar-refractivity contribution is 0.0737. The second-order valence-corrected chi connectivity index (χ2v) is 6.61. The van der Waals surface area contributed by atoms with Crippen molar-refractivity contribution in [2.24, 2.45) is 0 Å². The van der Waals surface area contributed by atoms with Gasteiger partial charge in [-0.05, 0) is 62.5 Å². The van der Waals surface area contributed by atoms with Gasteiger partial charge in [-0.15, -0.1) is 0 Å². The van der Waals surface area contributed by atoms with Crippen LogP contribution < -0.4 is 5.01 Å². The molecule has 0 heterocycles. The van der Waals surface area contributed by atoms with Gasteiger partial charge in [-0.3, -0.25) is 9.80 Å². The molecule has 2 aromatic carbocycles. The summed E-state index contributed by atoms with van der Waals surface area (Å²) in [6.07, 6.45) is 0.915. The van der Waals surface area contributed by atoms with Crippen LogP contribution in [0.1, 0.15) is 30.6 Å². The van der Waals surface area contributed by atoms with Gasteiger partial charge in [-0.2, -0.15) is 0 Å². The van der Waals surface area contributed by atoms with Gasteiger partial charge in [0.1, 0.15) is 0 Å². The molecule has 0 aliphatic rings. The number of nitrogens with zero attached hydrogens (tertiary/aromatic N) is 3. The lowest BCUT2D eigenvalue weighted by atomic mass is 10.2. The van der Waals surface area contributed by atoms with E-state index in [9.17, 15) is 4.79 Å². The molecule has 0 spiro atoms. The fraction of sp³-hybridized carbons (Fsp3) is 0.381. The van der Waals surface area contributed by atoms with Crippen molar-refractivity contribution in [1.29, 1.82) is 0 Å². The van der Waals surface area contributed by atoms with Crippen LogP contribution >= 0.6 is 11.6 Å². The van der Waals surface area contributed by atoms with Gasteiger partial charge in [0.05, 0.1) is 5.69 Å². The van der Waals surface area contributed by atoms with Gasteiger partial charge in [0.2, 0.25) is 0 Å². The van der Waals surface area contributed by atoms with Crippen LogP contribution in [0.5, 0.6) is 0 Å². The second-order valence-electron chi connectivity index (χ2n) is 6.17. The van der Waals surface area contributed by atoms with Crippen LogP contribution in [0.3, 0.4) is 0 Å². The molecule has 0 aliphatic carbocycles. The van der Waals surface area contributed by atoms with Gasteiger partial charge in [-0.25, -0.2) is 5.01 Å². The van der Waals surface area contributed by atoms with E-state index < -0.39 is 0 Å². The number of carbonyl (C=O) groups is 1. The third kappa shape index (κ3) is 5.48. The number of hydrogen-bond donors (Lipinski definition) is 0. The largest absolute Gasteiger partial charge is 0.304 e. The van der Waals surface area contributed by atoms with Crippen molar-refractivity contribution in [3.63, 3.8) is 0 Å². The number of para-hydroxylation sites is 1. The molecule has 4 nitrogen and oxygen atoms in total. The van der Waals surface area contributed by atoms with Crippen LogP contribution in [0.15, 0.2) is 54.6 Å². The number of amides is 1. The Kier molecular flexibility index (Phi) is 7.95. The van der Waals surface area contributed by atoms with Crippen LogP contribution in [0, 0.1) is 0 Å². The van der Waals surface area contributed by atoms with Crippen LogP contribution in [-0.2, 0) is 0 Å². The number of hydrazine groups is 1. The summed E-state index contributed by atoms with van der Waals surface area (Å²) in [4.78, 5) is 15.5. The number of benzene rings is 2. The Morgan fingerprint density at radius 2 is 1.54 bits per heavy atom. The number of carbonyl (C=O) groups excluding carboxylic acids is 1. The Labute approximate surface area is 161 Å². The average Bonchev–Trinajstić information content (AvgIpc) is 2.68. The molecule has 0 N–H and O–H groups in total. The first-order valence-electron chi connectivity index (χ1n) is 9.15. The maximum absolute atomic E-state index is 13.1. The summed E-state index contributed by atoms with van der Waals surface area (Å²) in [5, 5.41) is 4.37. The van der Waals surface area contributed by atoms with Crippen molar-refractivity contribution in [2.75, 3.05) is 38.2 Å². The van der Waals surface area contributed by atoms with Gasteiger partial charge in [0.25, 0.3) is 5.91 Å². The lowest BCUT2D eigenvalue weighted by Gasteiger charge is -2.34. The highest BCUT2D eigenvalue weighted by molar-refractivity contribution is 6.30. The van der Waals surface area contributed by atoms with Gasteiger partial charge >= 0.3 is 0 Å². The molecule has 1 amide bonds. The quantitative estimate of drug-likeness (QED) is 0.602. The summed E-state index contributed by atoms with van der Waals surface area (Å²) in [6.45, 7) is 8.00. The molecule has 0 aromatic heterocycles. The highest BCUT2D eigenvalue weighted by atomic mass is 35.5. The summed E-state index contributed by atoms with van der Waals surface area (Å²) in [5.74, 6) is -0.0208. The van der Waals surface area contributed by atoms with Crippen molar-refractivity contribution < 1.29 is 4.79 Å². The summed E-state index contributed by atoms with van der Waals surface area (Å²) in [5.41, 5.74) is 1.62. The first-order valence-corrected chi connectivity index (χ1v) is 9.53. The first-order chi connectivity index (χ1) is 12.6. The molecule has 0 radical (unpaired) electrons. The zero-order chi connectivity index (χ0) is 18.9. The normalized spacial score (nSPS) is 10.8. The fourth-order valence-corrected chi connectivity index (χ4v) is 3.02. The van der Waals surface area contributed by atoms with Crippen LogP contribution in [0.2, 0.25) is 5.02 Å². The third-order valence-corrected chi connectivity index (χ3v) is 4.81. The van der Waals surface area contributed by atoms with Gasteiger partial charge < -0.3 is 4.90 Å².